The first-order chi connectivity index (χ1) is 23.5. The monoisotopic (exact) mass is 646 g/mol. The second-order valence-electron chi connectivity index (χ2n) is 13.2. The summed E-state index contributed by atoms with van der Waals surface area (Å²) in [6, 6.07) is 15.7. The summed E-state index contributed by atoms with van der Waals surface area (Å²) in [4.78, 5) is 9.04. The number of nitrogens with zero attached hydrogens (tertiary/aromatic N) is 2. The molecule has 252 valence electrons. The van der Waals surface area contributed by atoms with E-state index in [1.54, 1.807) is 0 Å². The van der Waals surface area contributed by atoms with Gasteiger partial charge in [0.1, 0.15) is 0 Å². The summed E-state index contributed by atoms with van der Waals surface area (Å²) in [5, 5.41) is 0. The molecular weight excluding hydrogens is 591 g/mol. The average molecular weight is 647 g/mol. The van der Waals surface area contributed by atoms with Crippen LogP contribution in [0.1, 0.15) is 89.8 Å². The van der Waals surface area contributed by atoms with Crippen LogP contribution < -0.4 is 16.4 Å². The third kappa shape index (κ3) is 7.27. The third-order valence-electron chi connectivity index (χ3n) is 10.1. The van der Waals surface area contributed by atoms with Gasteiger partial charge in [0.15, 0.2) is 0 Å². The number of rotatable bonds is 8. The number of aromatic nitrogens is 2. The van der Waals surface area contributed by atoms with Gasteiger partial charge in [0, 0.05) is 35.9 Å². The molecule has 0 saturated heterocycles. The Morgan fingerprint density at radius 2 is 1.12 bits per heavy atom. The molecule has 49 heavy (non-hydrogen) atoms. The normalized spacial score (nSPS) is 11.5. The first-order valence-corrected chi connectivity index (χ1v) is 18.0. The Kier molecular flexibility index (Phi) is 12.4. The van der Waals surface area contributed by atoms with Crippen molar-refractivity contribution in [1.29, 1.82) is 0 Å². The minimum absolute atomic E-state index is 0.0216. The predicted octanol–water partition coefficient (Wildman–Crippen LogP) is 10.5. The summed E-state index contributed by atoms with van der Waals surface area (Å²) in [5.41, 5.74) is 23.5. The first-order valence-electron chi connectivity index (χ1n) is 18.0. The largest absolute Gasteiger partial charge is 0.264 e. The molecule has 0 amide bonds. The van der Waals surface area contributed by atoms with E-state index in [1.807, 2.05) is 50.8 Å². The number of aryl methyl sites for hydroxylation is 5. The van der Waals surface area contributed by atoms with Crippen LogP contribution in [0.4, 0.5) is 0 Å². The topological polar surface area (TPSA) is 25.8 Å². The van der Waals surface area contributed by atoms with Gasteiger partial charge in [-0.15, -0.1) is 0 Å². The van der Waals surface area contributed by atoms with Crippen LogP contribution in [0.15, 0.2) is 85.5 Å². The molecule has 2 aromatic heterocycles. The molecule has 5 aromatic rings. The highest BCUT2D eigenvalue weighted by Gasteiger charge is 2.33. The summed E-state index contributed by atoms with van der Waals surface area (Å²) in [5.74, 6) is 0. The molecule has 0 atom stereocenters. The molecule has 0 aliphatic rings. The summed E-state index contributed by atoms with van der Waals surface area (Å²) in [7, 11) is 0. The third-order valence-corrected chi connectivity index (χ3v) is 10.1. The van der Waals surface area contributed by atoms with Crippen LogP contribution in [0.2, 0.25) is 0 Å². The maximum Gasteiger partial charge on any atom is 0.243 e. The lowest BCUT2D eigenvalue weighted by molar-refractivity contribution is 1.22. The zero-order valence-electron chi connectivity index (χ0n) is 32.3. The lowest BCUT2D eigenvalue weighted by atomic mass is 9.33. The van der Waals surface area contributed by atoms with Gasteiger partial charge in [-0.25, -0.2) is 0 Å². The molecule has 0 radical (unpaired) electrons. The van der Waals surface area contributed by atoms with Crippen LogP contribution in [0, 0.1) is 62.3 Å². The smallest absolute Gasteiger partial charge is 0.243 e. The van der Waals surface area contributed by atoms with Crippen molar-refractivity contribution in [2.75, 3.05) is 0 Å². The minimum atomic E-state index is 0.0216. The fourth-order valence-corrected chi connectivity index (χ4v) is 8.03. The minimum Gasteiger partial charge on any atom is -0.264 e. The van der Waals surface area contributed by atoms with E-state index in [0.717, 1.165) is 17.5 Å². The van der Waals surface area contributed by atoms with Crippen molar-refractivity contribution in [3.63, 3.8) is 0 Å². The van der Waals surface area contributed by atoms with Crippen molar-refractivity contribution < 1.29 is 0 Å². The predicted molar refractivity (Wildman–Crippen MR) is 218 cm³/mol. The molecule has 2 heterocycles. The molecule has 0 unspecified atom stereocenters. The van der Waals surface area contributed by atoms with Gasteiger partial charge < -0.3 is 0 Å². The lowest BCUT2D eigenvalue weighted by Crippen LogP contribution is -2.57. The van der Waals surface area contributed by atoms with Crippen LogP contribution >= 0.6 is 0 Å². The second kappa shape index (κ2) is 16.3. The van der Waals surface area contributed by atoms with Crippen LogP contribution in [-0.4, -0.2) is 16.7 Å². The first kappa shape index (κ1) is 37.3. The molecule has 0 saturated carbocycles. The van der Waals surface area contributed by atoms with Crippen molar-refractivity contribution in [3.05, 3.63) is 141 Å². The maximum atomic E-state index is 4.52. The van der Waals surface area contributed by atoms with Crippen molar-refractivity contribution in [2.45, 2.75) is 96.4 Å². The van der Waals surface area contributed by atoms with Gasteiger partial charge in [-0.1, -0.05) is 96.8 Å². The Morgan fingerprint density at radius 1 is 0.633 bits per heavy atom. The van der Waals surface area contributed by atoms with Crippen molar-refractivity contribution in [1.82, 2.24) is 9.97 Å². The summed E-state index contributed by atoms with van der Waals surface area (Å²) < 4.78 is 0. The Bertz CT molecular complexity index is 1900. The molecule has 2 nitrogen and oxygen atoms in total. The molecule has 5 rings (SSSR count). The number of hydrogen-bond acceptors (Lipinski definition) is 2. The van der Waals surface area contributed by atoms with Gasteiger partial charge in [-0.2, -0.15) is 0 Å². The standard InChI is InChI=1S/C44H49BN2.C2H6/c1-12-14-17-36(13-2)42-32(8)27(3)24-39(33(42)9)45(43-30(6)22-28(4)40(34(43)10)37-18-15-20-46-25-37)44-31(7)23-29(5)41(35(44)11)38-19-16-21-47-26-38;1-2/h13-26H,12H2,1-11H3;1-2H3/b17-14-,36-13+;. The van der Waals surface area contributed by atoms with E-state index in [9.17, 15) is 0 Å². The Balaban J connectivity index is 0.00000265. The fraction of sp³-hybridized carbons (Fsp3) is 0.304. The van der Waals surface area contributed by atoms with Crippen molar-refractivity contribution in [3.8, 4) is 22.3 Å². The quantitative estimate of drug-likeness (QED) is 0.124. The number of hydrogen-bond donors (Lipinski definition) is 0. The van der Waals surface area contributed by atoms with Crippen molar-refractivity contribution >= 4 is 28.7 Å². The summed E-state index contributed by atoms with van der Waals surface area (Å²) in [6.07, 6.45) is 15.6. The van der Waals surface area contributed by atoms with Crippen LogP contribution in [0.5, 0.6) is 0 Å². The van der Waals surface area contributed by atoms with Gasteiger partial charge in [0.2, 0.25) is 6.71 Å². The number of pyridine rings is 2. The van der Waals surface area contributed by atoms with Crippen LogP contribution in [0.3, 0.4) is 0 Å². The Labute approximate surface area is 297 Å². The second-order valence-corrected chi connectivity index (χ2v) is 13.2. The highest BCUT2D eigenvalue weighted by Crippen LogP contribution is 2.32. The van der Waals surface area contributed by atoms with Gasteiger partial charge in [-0.05, 0) is 149 Å². The molecule has 0 fully saturated rings. The van der Waals surface area contributed by atoms with Crippen molar-refractivity contribution in [2.24, 2.45) is 0 Å². The van der Waals surface area contributed by atoms with Gasteiger partial charge in [0.05, 0.1) is 0 Å². The van der Waals surface area contributed by atoms with E-state index in [2.05, 4.69) is 135 Å². The maximum absolute atomic E-state index is 4.52. The summed E-state index contributed by atoms with van der Waals surface area (Å²) >= 11 is 0. The average Bonchev–Trinajstić information content (AvgIpc) is 3.08. The van der Waals surface area contributed by atoms with E-state index in [1.165, 1.54) is 88.7 Å². The van der Waals surface area contributed by atoms with Crippen LogP contribution in [0.25, 0.3) is 27.8 Å². The highest BCUT2D eigenvalue weighted by atomic mass is 14.6. The highest BCUT2D eigenvalue weighted by molar-refractivity contribution is 6.97. The molecule has 3 heteroatoms. The SMILES string of the molecule is C/C=C(\C=C/CC)c1c(C)c(C)cc(B(c2c(C)cc(C)c(-c3cccnc3)c2C)c2c(C)cc(C)c(-c3cccnc3)c2C)c1C.CC. The Hall–Kier alpha value is -4.50. The van der Waals surface area contributed by atoms with E-state index in [0.29, 0.717) is 0 Å². The molecule has 0 N–H and O–H groups in total. The number of allylic oxidation sites excluding steroid dienone is 4. The van der Waals surface area contributed by atoms with E-state index < -0.39 is 0 Å². The Morgan fingerprint density at radius 3 is 1.53 bits per heavy atom. The van der Waals surface area contributed by atoms with Gasteiger partial charge in [-0.3, -0.25) is 9.97 Å². The fourth-order valence-electron chi connectivity index (χ4n) is 8.03. The molecule has 3 aromatic carbocycles. The van der Waals surface area contributed by atoms with Crippen LogP contribution in [-0.2, 0) is 0 Å². The van der Waals surface area contributed by atoms with E-state index in [-0.39, 0.29) is 6.71 Å². The molecule has 0 bridgehead atoms. The van der Waals surface area contributed by atoms with Gasteiger partial charge in [0.25, 0.3) is 0 Å². The molecular formula is C46H55BN2. The van der Waals surface area contributed by atoms with Gasteiger partial charge >= 0.3 is 0 Å². The molecule has 0 aliphatic heterocycles. The molecule has 0 aliphatic carbocycles. The van der Waals surface area contributed by atoms with E-state index >= 15 is 0 Å². The molecule has 0 spiro atoms. The summed E-state index contributed by atoms with van der Waals surface area (Å²) in [6.45, 7) is 29.0. The number of benzene rings is 3. The lowest BCUT2D eigenvalue weighted by Gasteiger charge is -2.30. The van der Waals surface area contributed by atoms with E-state index in [4.69, 9.17) is 0 Å². The zero-order chi connectivity index (χ0) is 36.0. The zero-order valence-corrected chi connectivity index (χ0v) is 32.3.